The minimum absolute atomic E-state index is 0. The van der Waals surface area contributed by atoms with Crippen molar-refractivity contribution in [2.75, 3.05) is 0 Å². The number of aromatic hydroxyl groups is 1. The van der Waals surface area contributed by atoms with Crippen molar-refractivity contribution in [3.05, 3.63) is 51.3 Å². The second kappa shape index (κ2) is 11.4. The molecule has 3 unspecified atom stereocenters. The maximum atomic E-state index is 13.1. The van der Waals surface area contributed by atoms with E-state index in [1.165, 1.54) is 7.05 Å². The lowest BCUT2D eigenvalue weighted by Gasteiger charge is -2.36. The Hall–Kier alpha value is -3.05. The lowest BCUT2D eigenvalue weighted by molar-refractivity contribution is -0.0160. The van der Waals surface area contributed by atoms with Crippen LogP contribution in [0.5, 0.6) is 5.88 Å². The van der Waals surface area contributed by atoms with Gasteiger partial charge in [0.2, 0.25) is 5.88 Å². The molecule has 2 aromatic rings. The first-order valence-corrected chi connectivity index (χ1v) is 11.3. The van der Waals surface area contributed by atoms with Crippen molar-refractivity contribution in [2.24, 2.45) is 35.0 Å². The number of aromatic nitrogens is 1. The van der Waals surface area contributed by atoms with Crippen LogP contribution in [-0.2, 0) is 11.8 Å². The molecule has 1 aromatic heterocycles. The molecule has 182 valence electrons. The molecule has 3 rings (SSSR count). The van der Waals surface area contributed by atoms with E-state index in [1.807, 2.05) is 0 Å². The van der Waals surface area contributed by atoms with E-state index in [2.05, 4.69) is 36.9 Å². The minimum atomic E-state index is -0.538. The quantitative estimate of drug-likeness (QED) is 0.344. The number of nitrogens with zero attached hydrogens (tertiary/aromatic N) is 3. The van der Waals surface area contributed by atoms with E-state index in [9.17, 15) is 14.7 Å². The zero-order valence-corrected chi connectivity index (χ0v) is 21.3. The maximum absolute atomic E-state index is 13.1. The van der Waals surface area contributed by atoms with E-state index in [1.54, 1.807) is 31.2 Å². The molecule has 7 nitrogen and oxygen atoms in total. The maximum Gasteiger partial charge on any atom is 0.340 e. The molecule has 1 aromatic carbocycles. The summed E-state index contributed by atoms with van der Waals surface area (Å²) in [5.74, 6) is 2.98. The molecule has 3 atom stereocenters. The highest BCUT2D eigenvalue weighted by Crippen LogP contribution is 2.36. The third-order valence-corrected chi connectivity index (χ3v) is 6.52. The van der Waals surface area contributed by atoms with Crippen molar-refractivity contribution in [2.45, 2.75) is 53.1 Å². The Morgan fingerprint density at radius 1 is 1.26 bits per heavy atom. The van der Waals surface area contributed by atoms with Gasteiger partial charge in [0, 0.05) is 12.6 Å². The van der Waals surface area contributed by atoms with Gasteiger partial charge in [-0.15, -0.1) is 16.7 Å². The number of terminal acetylenes is 1. The van der Waals surface area contributed by atoms with E-state index >= 15 is 0 Å². The number of carbonyl (C=O) groups is 1. The highest BCUT2D eigenvalue weighted by molar-refractivity contribution is 7.59. The summed E-state index contributed by atoms with van der Waals surface area (Å²) < 4.78 is 6.97. The Labute approximate surface area is 207 Å². The Bertz CT molecular complexity index is 1180. The zero-order valence-electron chi connectivity index (χ0n) is 20.3. The average molecular weight is 484 g/mol. The molecular weight excluding hydrogens is 450 g/mol. The van der Waals surface area contributed by atoms with Gasteiger partial charge in [-0.25, -0.2) is 4.79 Å². The monoisotopic (exact) mass is 483 g/mol. The third-order valence-electron chi connectivity index (χ3n) is 6.52. The van der Waals surface area contributed by atoms with Crippen LogP contribution in [0, 0.1) is 37.0 Å². The fourth-order valence-corrected chi connectivity index (χ4v) is 4.44. The summed E-state index contributed by atoms with van der Waals surface area (Å²) in [6.45, 7) is 8.17. The molecule has 1 aliphatic carbocycles. The molecule has 0 amide bonds. The van der Waals surface area contributed by atoms with Crippen LogP contribution in [0.25, 0.3) is 0 Å². The number of rotatable bonds is 5. The molecule has 1 saturated carbocycles. The largest absolute Gasteiger partial charge is 0.493 e. The Morgan fingerprint density at radius 2 is 1.94 bits per heavy atom. The van der Waals surface area contributed by atoms with E-state index in [4.69, 9.17) is 11.2 Å². The molecule has 0 saturated heterocycles. The molecule has 8 heteroatoms. The SMILES string of the molecule is C#Cc1c(C)c(N=Nc2ccccc2C(=O)OC2CCC(C)CC2C(C)C)c(=O)n(C)c1O.S. The zero-order chi connectivity index (χ0) is 24.3. The van der Waals surface area contributed by atoms with Crippen molar-refractivity contribution < 1.29 is 14.6 Å². The summed E-state index contributed by atoms with van der Waals surface area (Å²) in [5, 5.41) is 18.4. The second-order valence-electron chi connectivity index (χ2n) is 9.17. The van der Waals surface area contributed by atoms with Gasteiger partial charge in [0.25, 0.3) is 5.56 Å². The Balaban J connectivity index is 0.00000408. The van der Waals surface area contributed by atoms with E-state index in [0.717, 1.165) is 23.8 Å². The number of azo groups is 1. The summed E-state index contributed by atoms with van der Waals surface area (Å²) in [5.41, 5.74) is 0.567. The van der Waals surface area contributed by atoms with Gasteiger partial charge in [0.05, 0.1) is 11.1 Å². The van der Waals surface area contributed by atoms with Crippen LogP contribution in [0.1, 0.15) is 61.5 Å². The van der Waals surface area contributed by atoms with Gasteiger partial charge >= 0.3 is 5.97 Å². The number of pyridine rings is 1. The normalized spacial score (nSPS) is 20.1. The van der Waals surface area contributed by atoms with Crippen molar-refractivity contribution in [3.63, 3.8) is 0 Å². The summed E-state index contributed by atoms with van der Waals surface area (Å²) >= 11 is 0. The smallest absolute Gasteiger partial charge is 0.340 e. The van der Waals surface area contributed by atoms with Crippen LogP contribution in [0.3, 0.4) is 0 Å². The molecule has 0 bridgehead atoms. The van der Waals surface area contributed by atoms with Crippen LogP contribution in [0.4, 0.5) is 11.4 Å². The minimum Gasteiger partial charge on any atom is -0.493 e. The van der Waals surface area contributed by atoms with Gasteiger partial charge in [0.15, 0.2) is 5.69 Å². The van der Waals surface area contributed by atoms with Crippen LogP contribution in [0.2, 0.25) is 0 Å². The Kier molecular flexibility index (Phi) is 9.11. The first-order valence-electron chi connectivity index (χ1n) is 11.3. The molecule has 34 heavy (non-hydrogen) atoms. The lowest BCUT2D eigenvalue weighted by atomic mass is 9.75. The molecule has 1 heterocycles. The van der Waals surface area contributed by atoms with Gasteiger partial charge in [-0.05, 0) is 56.1 Å². The summed E-state index contributed by atoms with van der Waals surface area (Å²) in [7, 11) is 1.40. The van der Waals surface area contributed by atoms with Crippen LogP contribution in [-0.4, -0.2) is 21.7 Å². The fraction of sp³-hybridized carbons (Fsp3) is 0.462. The number of esters is 1. The van der Waals surface area contributed by atoms with Crippen molar-refractivity contribution in [1.29, 1.82) is 0 Å². The third kappa shape index (κ3) is 5.53. The first-order chi connectivity index (χ1) is 15.6. The lowest BCUT2D eigenvalue weighted by Crippen LogP contribution is -2.35. The molecule has 1 aliphatic rings. The molecule has 1 N–H and O–H groups in total. The van der Waals surface area contributed by atoms with E-state index in [0.29, 0.717) is 29.0 Å². The molecule has 0 aliphatic heterocycles. The second-order valence-corrected chi connectivity index (χ2v) is 9.17. The molecule has 0 spiro atoms. The number of carbonyl (C=O) groups excluding carboxylic acids is 1. The molecular formula is C26H33N3O4S. The molecule has 0 radical (unpaired) electrons. The fourth-order valence-electron chi connectivity index (χ4n) is 4.44. The van der Waals surface area contributed by atoms with Gasteiger partial charge in [-0.1, -0.05) is 38.8 Å². The number of hydrogen-bond donors (Lipinski definition) is 1. The first kappa shape index (κ1) is 27.2. The standard InChI is InChI=1S/C26H31N3O4.H2S/c1-7-18-17(5)23(25(31)29(6)24(18)30)28-27-21-11-9-8-10-19(21)26(32)33-22-13-12-16(4)14-20(22)15(2)3;/h1,8-11,15-16,20,22,30H,12-14H2,2-6H3;1H2. The van der Waals surface area contributed by atoms with Crippen molar-refractivity contribution in [1.82, 2.24) is 4.57 Å². The highest BCUT2D eigenvalue weighted by Gasteiger charge is 2.34. The number of ether oxygens (including phenoxy) is 1. The Morgan fingerprint density at radius 3 is 2.59 bits per heavy atom. The average Bonchev–Trinajstić information content (AvgIpc) is 2.79. The summed E-state index contributed by atoms with van der Waals surface area (Å²) in [6.07, 6.45) is 8.26. The van der Waals surface area contributed by atoms with E-state index < -0.39 is 11.5 Å². The van der Waals surface area contributed by atoms with Gasteiger partial charge in [-0.3, -0.25) is 9.36 Å². The predicted octanol–water partition coefficient (Wildman–Crippen LogP) is 5.53. The van der Waals surface area contributed by atoms with Crippen LogP contribution < -0.4 is 5.56 Å². The predicted molar refractivity (Wildman–Crippen MR) is 138 cm³/mol. The van der Waals surface area contributed by atoms with Gasteiger partial charge < -0.3 is 9.84 Å². The van der Waals surface area contributed by atoms with Crippen molar-refractivity contribution >= 4 is 30.8 Å². The van der Waals surface area contributed by atoms with E-state index in [-0.39, 0.29) is 42.3 Å². The van der Waals surface area contributed by atoms with Crippen LogP contribution >= 0.6 is 13.5 Å². The highest BCUT2D eigenvalue weighted by atomic mass is 32.1. The van der Waals surface area contributed by atoms with Gasteiger partial charge in [0.1, 0.15) is 11.8 Å². The van der Waals surface area contributed by atoms with Gasteiger partial charge in [-0.2, -0.15) is 13.5 Å². The summed E-state index contributed by atoms with van der Waals surface area (Å²) in [6, 6.07) is 6.76. The summed E-state index contributed by atoms with van der Waals surface area (Å²) in [4.78, 5) is 25.7. The molecule has 1 fully saturated rings. The topological polar surface area (TPSA) is 93.3 Å². The van der Waals surface area contributed by atoms with Crippen molar-refractivity contribution in [3.8, 4) is 18.2 Å². The number of benzene rings is 1. The van der Waals surface area contributed by atoms with Crippen LogP contribution in [0.15, 0.2) is 39.3 Å². The number of hydrogen-bond acceptors (Lipinski definition) is 6.